The fraction of sp³-hybridized carbons (Fsp3) is 0.429. The van der Waals surface area contributed by atoms with Crippen LogP contribution in [0.2, 0.25) is 0 Å². The average molecular weight is 288 g/mol. The van der Waals surface area contributed by atoms with E-state index < -0.39 is 9.84 Å². The van der Waals surface area contributed by atoms with Crippen LogP contribution in [0.4, 0.5) is 4.39 Å². The van der Waals surface area contributed by atoms with Gasteiger partial charge in [0.05, 0.1) is 11.6 Å². The van der Waals surface area contributed by atoms with Crippen molar-refractivity contribution >= 4 is 9.84 Å². The molecule has 0 aliphatic carbocycles. The zero-order valence-electron chi connectivity index (χ0n) is 11.3. The van der Waals surface area contributed by atoms with Crippen molar-refractivity contribution in [3.05, 3.63) is 29.8 Å². The molecule has 5 heteroatoms. The number of alkyl halides is 1. The number of aryl methyl sites for hydroxylation is 1. The summed E-state index contributed by atoms with van der Waals surface area (Å²) in [5.74, 6) is 0. The molecular weight excluding hydrogens is 267 g/mol. The summed E-state index contributed by atoms with van der Waals surface area (Å²) in [6, 6.07) is 6.77. The molecule has 0 atom stereocenters. The van der Waals surface area contributed by atoms with Gasteiger partial charge in [-0.15, -0.1) is 12.8 Å². The Morgan fingerprint density at radius 2 is 1.58 bits per heavy atom. The van der Waals surface area contributed by atoms with E-state index >= 15 is 0 Å². The van der Waals surface area contributed by atoms with Crippen molar-refractivity contribution in [2.45, 2.75) is 24.2 Å². The Labute approximate surface area is 115 Å². The molecule has 0 radical (unpaired) electrons. The Morgan fingerprint density at radius 3 is 1.95 bits per heavy atom. The Bertz CT molecular complexity index is 436. The number of rotatable bonds is 5. The number of aliphatic hydroxyl groups excluding tert-OH is 1. The van der Waals surface area contributed by atoms with E-state index in [1.807, 2.05) is 0 Å². The van der Waals surface area contributed by atoms with Gasteiger partial charge in [-0.1, -0.05) is 12.1 Å². The standard InChI is InChI=1S/C11H15FO2S.C2H2.CH4O/c1-15(13,14)11-7-5-10(6-8-11)4-2-3-9-12;2*1-2/h5-8H,2-4,9H2,1H3;1-2H;2H,1H3. The largest absolute Gasteiger partial charge is 0.400 e. The lowest BCUT2D eigenvalue weighted by Gasteiger charge is -2.02. The van der Waals surface area contributed by atoms with Crippen molar-refractivity contribution in [3.63, 3.8) is 0 Å². The van der Waals surface area contributed by atoms with Gasteiger partial charge in [0.2, 0.25) is 0 Å². The highest BCUT2D eigenvalue weighted by Crippen LogP contribution is 2.12. The minimum atomic E-state index is -3.10. The second-order valence-electron chi connectivity index (χ2n) is 3.56. The molecule has 0 unspecified atom stereocenters. The first-order valence-corrected chi connectivity index (χ1v) is 7.56. The van der Waals surface area contributed by atoms with E-state index in [-0.39, 0.29) is 6.67 Å². The molecule has 0 bridgehead atoms. The van der Waals surface area contributed by atoms with Crippen molar-refractivity contribution in [2.24, 2.45) is 0 Å². The molecule has 0 amide bonds. The summed E-state index contributed by atoms with van der Waals surface area (Å²) < 4.78 is 34.1. The van der Waals surface area contributed by atoms with Crippen LogP contribution in [0.5, 0.6) is 0 Å². The lowest BCUT2D eigenvalue weighted by molar-refractivity contribution is 0.399. The number of sulfone groups is 1. The maximum Gasteiger partial charge on any atom is 0.175 e. The van der Waals surface area contributed by atoms with Crippen molar-refractivity contribution in [3.8, 4) is 12.8 Å². The Morgan fingerprint density at radius 1 is 1.11 bits per heavy atom. The summed E-state index contributed by atoms with van der Waals surface area (Å²) in [7, 11) is -2.10. The molecule has 0 saturated heterocycles. The molecule has 19 heavy (non-hydrogen) atoms. The third-order valence-electron chi connectivity index (χ3n) is 2.20. The number of benzene rings is 1. The van der Waals surface area contributed by atoms with Crippen LogP contribution in [-0.2, 0) is 16.3 Å². The molecule has 0 spiro atoms. The Balaban J connectivity index is 0. The molecule has 0 fully saturated rings. The summed E-state index contributed by atoms with van der Waals surface area (Å²) in [5, 5.41) is 7.00. The molecule has 0 aromatic heterocycles. The summed E-state index contributed by atoms with van der Waals surface area (Å²) in [6.07, 6.45) is 11.3. The number of unbranched alkanes of at least 4 members (excludes halogenated alkanes) is 1. The van der Waals surface area contributed by atoms with E-state index in [1.54, 1.807) is 24.3 Å². The van der Waals surface area contributed by atoms with Gasteiger partial charge < -0.3 is 5.11 Å². The van der Waals surface area contributed by atoms with Crippen molar-refractivity contribution < 1.29 is 17.9 Å². The summed E-state index contributed by atoms with van der Waals surface area (Å²) in [6.45, 7) is -0.290. The smallest absolute Gasteiger partial charge is 0.175 e. The highest BCUT2D eigenvalue weighted by Gasteiger charge is 2.05. The maximum absolute atomic E-state index is 11.8. The predicted octanol–water partition coefficient (Wildman–Crippen LogP) is 2.24. The van der Waals surface area contributed by atoms with Crippen LogP contribution in [0, 0.1) is 12.8 Å². The number of halogens is 1. The van der Waals surface area contributed by atoms with E-state index in [0.717, 1.165) is 25.5 Å². The van der Waals surface area contributed by atoms with Crippen LogP contribution >= 0.6 is 0 Å². The van der Waals surface area contributed by atoms with Crippen LogP contribution in [0.25, 0.3) is 0 Å². The summed E-state index contributed by atoms with van der Waals surface area (Å²) in [4.78, 5) is 0.330. The maximum atomic E-state index is 11.8. The molecule has 0 saturated carbocycles. The number of hydrogen-bond donors (Lipinski definition) is 1. The van der Waals surface area contributed by atoms with Gasteiger partial charge in [-0.25, -0.2) is 8.42 Å². The minimum Gasteiger partial charge on any atom is -0.400 e. The third kappa shape index (κ3) is 9.23. The van der Waals surface area contributed by atoms with Crippen LogP contribution in [0.1, 0.15) is 18.4 Å². The van der Waals surface area contributed by atoms with Crippen LogP contribution < -0.4 is 0 Å². The lowest BCUT2D eigenvalue weighted by Crippen LogP contribution is -1.97. The normalized spacial score (nSPS) is 9.58. The lowest BCUT2D eigenvalue weighted by atomic mass is 10.1. The van der Waals surface area contributed by atoms with Gasteiger partial charge in [-0.05, 0) is 37.0 Å². The Kier molecular flexibility index (Phi) is 12.3. The topological polar surface area (TPSA) is 54.4 Å². The fourth-order valence-corrected chi connectivity index (χ4v) is 1.96. The fourth-order valence-electron chi connectivity index (χ4n) is 1.33. The molecule has 3 nitrogen and oxygen atoms in total. The number of aliphatic hydroxyl groups is 1. The molecule has 0 aliphatic heterocycles. The highest BCUT2D eigenvalue weighted by atomic mass is 32.2. The highest BCUT2D eigenvalue weighted by molar-refractivity contribution is 7.90. The van der Waals surface area contributed by atoms with Crippen LogP contribution in [0.15, 0.2) is 29.2 Å². The monoisotopic (exact) mass is 288 g/mol. The minimum absolute atomic E-state index is 0.290. The van der Waals surface area contributed by atoms with Gasteiger partial charge in [0, 0.05) is 13.4 Å². The van der Waals surface area contributed by atoms with E-state index in [0.29, 0.717) is 11.3 Å². The van der Waals surface area contributed by atoms with E-state index in [1.165, 1.54) is 6.26 Å². The zero-order valence-corrected chi connectivity index (χ0v) is 12.2. The molecule has 1 aromatic rings. The zero-order chi connectivity index (χ0) is 15.3. The second kappa shape index (κ2) is 11.7. The SMILES string of the molecule is C#C.CO.CS(=O)(=O)c1ccc(CCCCF)cc1. The quantitative estimate of drug-likeness (QED) is 0.668. The molecule has 1 N–H and O–H groups in total. The molecule has 0 heterocycles. The van der Waals surface area contributed by atoms with Crippen LogP contribution in [0.3, 0.4) is 0 Å². The van der Waals surface area contributed by atoms with E-state index in [4.69, 9.17) is 5.11 Å². The summed E-state index contributed by atoms with van der Waals surface area (Å²) >= 11 is 0. The third-order valence-corrected chi connectivity index (χ3v) is 3.33. The van der Waals surface area contributed by atoms with Crippen LogP contribution in [-0.4, -0.2) is 33.6 Å². The second-order valence-corrected chi connectivity index (χ2v) is 5.58. The van der Waals surface area contributed by atoms with Crippen molar-refractivity contribution in [1.29, 1.82) is 0 Å². The Hall–Kier alpha value is -1.38. The van der Waals surface area contributed by atoms with Gasteiger partial charge in [-0.2, -0.15) is 0 Å². The van der Waals surface area contributed by atoms with Gasteiger partial charge in [0.15, 0.2) is 9.84 Å². The molecule has 108 valence electrons. The average Bonchev–Trinajstić information content (AvgIpc) is 2.43. The van der Waals surface area contributed by atoms with Gasteiger partial charge >= 0.3 is 0 Å². The molecule has 1 aromatic carbocycles. The molecule has 0 aliphatic rings. The van der Waals surface area contributed by atoms with Gasteiger partial charge in [0.1, 0.15) is 0 Å². The summed E-state index contributed by atoms with van der Waals surface area (Å²) in [5.41, 5.74) is 1.05. The first-order valence-electron chi connectivity index (χ1n) is 5.67. The molecule has 1 rings (SSSR count). The van der Waals surface area contributed by atoms with Gasteiger partial charge in [-0.3, -0.25) is 4.39 Å². The van der Waals surface area contributed by atoms with E-state index in [2.05, 4.69) is 12.8 Å². The van der Waals surface area contributed by atoms with Gasteiger partial charge in [0.25, 0.3) is 0 Å². The predicted molar refractivity (Wildman–Crippen MR) is 76.5 cm³/mol. The molecular formula is C14H21FO3S. The van der Waals surface area contributed by atoms with E-state index in [9.17, 15) is 12.8 Å². The number of hydrogen-bond acceptors (Lipinski definition) is 3. The first-order chi connectivity index (χ1) is 9.04. The first kappa shape index (κ1) is 19.9. The van der Waals surface area contributed by atoms with Crippen molar-refractivity contribution in [1.82, 2.24) is 0 Å². The number of terminal acetylenes is 1. The van der Waals surface area contributed by atoms with Crippen molar-refractivity contribution in [2.75, 3.05) is 20.0 Å².